The second-order valence-corrected chi connectivity index (χ2v) is 6.32. The number of carbonyl (C=O) groups excluding carboxylic acids is 2. The van der Waals surface area contributed by atoms with Crippen LogP contribution in [-0.2, 0) is 11.0 Å². The van der Waals surface area contributed by atoms with Crippen LogP contribution in [0.5, 0.6) is 0 Å². The number of aromatic carboxylic acids is 1. The van der Waals surface area contributed by atoms with Crippen LogP contribution in [-0.4, -0.2) is 57.2 Å². The van der Waals surface area contributed by atoms with Gasteiger partial charge in [-0.05, 0) is 24.3 Å². The van der Waals surface area contributed by atoms with E-state index >= 15 is 0 Å². The lowest BCUT2D eigenvalue weighted by molar-refractivity contribution is -0.143. The molecule has 1 aromatic heterocycles. The Kier molecular flexibility index (Phi) is 4.84. The van der Waals surface area contributed by atoms with E-state index in [-0.39, 0.29) is 29.6 Å². The van der Waals surface area contributed by atoms with E-state index in [1.54, 1.807) is 7.05 Å². The number of amides is 2. The van der Waals surface area contributed by atoms with Gasteiger partial charge in [-0.25, -0.2) is 9.48 Å². The number of likely N-dealkylation sites (tertiary alicyclic amines) is 1. The molecule has 1 atom stereocenters. The first-order valence-electron chi connectivity index (χ1n) is 8.11. The molecule has 0 spiro atoms. The summed E-state index contributed by atoms with van der Waals surface area (Å²) >= 11 is 0. The molecule has 11 heteroatoms. The highest BCUT2D eigenvalue weighted by Crippen LogP contribution is 2.33. The fourth-order valence-corrected chi connectivity index (χ4v) is 2.96. The third-order valence-corrected chi connectivity index (χ3v) is 4.32. The van der Waals surface area contributed by atoms with Crippen molar-refractivity contribution in [1.29, 1.82) is 0 Å². The molecular formula is C17H15F3N4O4. The average molecular weight is 396 g/mol. The number of carboxylic acids is 1. The predicted molar refractivity (Wildman–Crippen MR) is 89.0 cm³/mol. The quantitative estimate of drug-likeness (QED) is 0.816. The minimum atomic E-state index is -4.93. The van der Waals surface area contributed by atoms with E-state index in [9.17, 15) is 27.6 Å². The molecule has 148 valence electrons. The topological polar surface area (TPSA) is 105 Å². The molecule has 1 aromatic carbocycles. The first-order valence-corrected chi connectivity index (χ1v) is 8.11. The monoisotopic (exact) mass is 396 g/mol. The van der Waals surface area contributed by atoms with Gasteiger partial charge in [0.05, 0.1) is 17.9 Å². The van der Waals surface area contributed by atoms with E-state index in [0.29, 0.717) is 17.4 Å². The Balaban J connectivity index is 1.83. The van der Waals surface area contributed by atoms with E-state index in [0.717, 1.165) is 0 Å². The fraction of sp³-hybridized carbons (Fsp3) is 0.294. The minimum Gasteiger partial charge on any atom is -0.478 e. The Hall–Kier alpha value is -3.37. The van der Waals surface area contributed by atoms with Crippen molar-refractivity contribution in [2.75, 3.05) is 13.6 Å². The number of likely N-dealkylation sites (N-methyl/N-ethyl adjacent to an activating group) is 1. The molecule has 1 aliphatic heterocycles. The number of carboxylic acid groups (broad SMARTS) is 1. The summed E-state index contributed by atoms with van der Waals surface area (Å²) in [6.07, 6.45) is -4.12. The smallest absolute Gasteiger partial charge is 0.434 e. The zero-order valence-corrected chi connectivity index (χ0v) is 14.5. The van der Waals surface area contributed by atoms with Crippen LogP contribution in [0, 0.1) is 0 Å². The van der Waals surface area contributed by atoms with Crippen LogP contribution in [0.1, 0.15) is 32.8 Å². The van der Waals surface area contributed by atoms with Gasteiger partial charge in [0.1, 0.15) is 5.56 Å². The van der Waals surface area contributed by atoms with Gasteiger partial charge in [-0.2, -0.15) is 18.3 Å². The van der Waals surface area contributed by atoms with Gasteiger partial charge in [0.25, 0.3) is 5.91 Å². The summed E-state index contributed by atoms with van der Waals surface area (Å²) in [7, 11) is 1.62. The van der Waals surface area contributed by atoms with E-state index in [2.05, 4.69) is 10.4 Å². The predicted octanol–water partition coefficient (Wildman–Crippen LogP) is 1.55. The third kappa shape index (κ3) is 3.68. The number of nitrogens with one attached hydrogen (secondary N) is 1. The normalized spacial score (nSPS) is 17.1. The van der Waals surface area contributed by atoms with Gasteiger partial charge in [-0.1, -0.05) is 0 Å². The van der Waals surface area contributed by atoms with E-state index in [4.69, 9.17) is 5.11 Å². The maximum absolute atomic E-state index is 13.3. The first kappa shape index (κ1) is 19.4. The van der Waals surface area contributed by atoms with Crippen LogP contribution in [0.25, 0.3) is 5.69 Å². The van der Waals surface area contributed by atoms with Gasteiger partial charge in [-0.3, -0.25) is 9.59 Å². The highest BCUT2D eigenvalue weighted by molar-refractivity contribution is 5.95. The molecule has 8 nitrogen and oxygen atoms in total. The van der Waals surface area contributed by atoms with Crippen LogP contribution >= 0.6 is 0 Å². The highest BCUT2D eigenvalue weighted by atomic mass is 19.4. The molecule has 2 heterocycles. The van der Waals surface area contributed by atoms with Crippen molar-refractivity contribution in [1.82, 2.24) is 20.0 Å². The van der Waals surface area contributed by atoms with Gasteiger partial charge in [0.2, 0.25) is 5.91 Å². The molecule has 0 aliphatic carbocycles. The van der Waals surface area contributed by atoms with Crippen LogP contribution in [0.3, 0.4) is 0 Å². The van der Waals surface area contributed by atoms with Crippen molar-refractivity contribution in [2.45, 2.75) is 18.6 Å². The second kappa shape index (κ2) is 6.98. The Morgan fingerprint density at radius 1 is 1.25 bits per heavy atom. The first-order chi connectivity index (χ1) is 13.1. The van der Waals surface area contributed by atoms with E-state index in [1.165, 1.54) is 29.2 Å². The van der Waals surface area contributed by atoms with Crippen molar-refractivity contribution >= 4 is 17.8 Å². The molecule has 3 rings (SSSR count). The summed E-state index contributed by atoms with van der Waals surface area (Å²) in [4.78, 5) is 36.3. The highest BCUT2D eigenvalue weighted by Gasteiger charge is 2.40. The second-order valence-electron chi connectivity index (χ2n) is 6.32. The third-order valence-electron chi connectivity index (χ3n) is 4.32. The summed E-state index contributed by atoms with van der Waals surface area (Å²) < 4.78 is 40.3. The number of benzene rings is 1. The summed E-state index contributed by atoms with van der Waals surface area (Å²) in [5, 5.41) is 15.2. The Labute approximate surface area is 156 Å². The lowest BCUT2D eigenvalue weighted by atomic mass is 10.1. The van der Waals surface area contributed by atoms with Gasteiger partial charge in [0, 0.05) is 25.6 Å². The number of hydrogen-bond acceptors (Lipinski definition) is 4. The molecule has 28 heavy (non-hydrogen) atoms. The Morgan fingerprint density at radius 3 is 2.39 bits per heavy atom. The molecule has 0 saturated carbocycles. The van der Waals surface area contributed by atoms with Gasteiger partial charge in [-0.15, -0.1) is 0 Å². The number of halogens is 3. The van der Waals surface area contributed by atoms with E-state index < -0.39 is 29.3 Å². The summed E-state index contributed by atoms with van der Waals surface area (Å²) in [6, 6.07) is 4.72. The largest absolute Gasteiger partial charge is 0.478 e. The van der Waals surface area contributed by atoms with Crippen LogP contribution in [0.2, 0.25) is 0 Å². The molecule has 2 aromatic rings. The van der Waals surface area contributed by atoms with Crippen LogP contribution < -0.4 is 5.32 Å². The molecular weight excluding hydrogens is 381 g/mol. The zero-order valence-electron chi connectivity index (χ0n) is 14.5. The number of aromatic nitrogens is 2. The van der Waals surface area contributed by atoms with Crippen molar-refractivity contribution < 1.29 is 32.7 Å². The lowest BCUT2D eigenvalue weighted by Gasteiger charge is -2.14. The summed E-state index contributed by atoms with van der Waals surface area (Å²) in [5.74, 6) is -2.30. The molecule has 1 saturated heterocycles. The van der Waals surface area contributed by atoms with Crippen molar-refractivity contribution in [3.63, 3.8) is 0 Å². The standard InChI is InChI=1S/C17H15F3N4O4/c1-23-8-10(6-13(23)25)22-15(26)9-2-4-11(5-3-9)24-14(17(18,19)20)12(7-21-24)16(27)28/h2-5,7,10H,6,8H2,1H3,(H,22,26)(H,27,28)/t10-/m0/s1. The average Bonchev–Trinajstić information content (AvgIpc) is 3.19. The van der Waals surface area contributed by atoms with Crippen molar-refractivity contribution in [3.8, 4) is 5.69 Å². The molecule has 0 unspecified atom stereocenters. The van der Waals surface area contributed by atoms with E-state index in [1.807, 2.05) is 0 Å². The molecule has 1 fully saturated rings. The van der Waals surface area contributed by atoms with Crippen molar-refractivity contribution in [2.24, 2.45) is 0 Å². The maximum Gasteiger partial charge on any atom is 0.434 e. The Morgan fingerprint density at radius 2 is 1.89 bits per heavy atom. The SMILES string of the molecule is CN1C[C@@H](NC(=O)c2ccc(-n3ncc(C(=O)O)c3C(F)(F)F)cc2)CC1=O. The number of alkyl halides is 3. The van der Waals surface area contributed by atoms with Gasteiger partial charge in [0.15, 0.2) is 5.69 Å². The molecule has 0 radical (unpaired) electrons. The number of carbonyl (C=O) groups is 3. The zero-order chi connectivity index (χ0) is 20.6. The number of nitrogens with zero attached hydrogens (tertiary/aromatic N) is 3. The lowest BCUT2D eigenvalue weighted by Crippen LogP contribution is -2.36. The molecule has 2 amide bonds. The summed E-state index contributed by atoms with van der Waals surface area (Å²) in [6.45, 7) is 0.378. The van der Waals surface area contributed by atoms with Gasteiger partial charge >= 0.3 is 12.1 Å². The molecule has 1 aliphatic rings. The number of hydrogen-bond donors (Lipinski definition) is 2. The van der Waals surface area contributed by atoms with Crippen LogP contribution in [0.4, 0.5) is 13.2 Å². The Bertz CT molecular complexity index is 937. The minimum absolute atomic E-state index is 0.0489. The number of rotatable bonds is 4. The van der Waals surface area contributed by atoms with Gasteiger partial charge < -0.3 is 15.3 Å². The maximum atomic E-state index is 13.3. The van der Waals surface area contributed by atoms with Crippen LogP contribution in [0.15, 0.2) is 30.5 Å². The molecule has 2 N–H and O–H groups in total. The summed E-state index contributed by atoms with van der Waals surface area (Å²) in [5.41, 5.74) is -2.24. The molecule has 0 bridgehead atoms. The fourth-order valence-electron chi connectivity index (χ4n) is 2.96. The van der Waals surface area contributed by atoms with Crippen molar-refractivity contribution in [3.05, 3.63) is 47.3 Å².